The van der Waals surface area contributed by atoms with Gasteiger partial charge in [0.15, 0.2) is 22.8 Å². The SMILES string of the molecule is CC[C@@H]1C(=O)N(C)c2cnc(Nc3ccc(C(=O)NCCCn4cc(Nc5nc(N6C[C@@H](N)[C@H](F)C6)nc6c5ncn6C)c(OC)n4)cc3OC)nc2N1C1CCCC1. The third kappa shape index (κ3) is 7.71. The molecule has 1 saturated carbocycles. The van der Waals surface area contributed by atoms with Crippen molar-refractivity contribution >= 4 is 63.6 Å². The van der Waals surface area contributed by atoms with Crippen molar-refractivity contribution in [3.05, 3.63) is 42.5 Å². The van der Waals surface area contributed by atoms with E-state index < -0.39 is 12.2 Å². The van der Waals surface area contributed by atoms with Crippen LogP contribution in [0.15, 0.2) is 36.9 Å². The molecule has 4 aromatic heterocycles. The fourth-order valence-corrected chi connectivity index (χ4v) is 8.10. The molecule has 19 nitrogen and oxygen atoms in total. The van der Waals surface area contributed by atoms with Gasteiger partial charge in [-0.25, -0.2) is 14.4 Å². The van der Waals surface area contributed by atoms with Crippen molar-refractivity contribution < 1.29 is 23.5 Å². The second-order valence-corrected chi connectivity index (χ2v) is 15.1. The number of benzene rings is 1. The van der Waals surface area contributed by atoms with E-state index in [1.54, 1.807) is 70.1 Å². The molecular weight excluding hydrogens is 762 g/mol. The summed E-state index contributed by atoms with van der Waals surface area (Å²) >= 11 is 0. The minimum absolute atomic E-state index is 0.0558. The molecule has 0 radical (unpaired) electrons. The zero-order valence-corrected chi connectivity index (χ0v) is 33.9. The lowest BCUT2D eigenvalue weighted by atomic mass is 10.0. The van der Waals surface area contributed by atoms with Crippen LogP contribution in [0.25, 0.3) is 11.2 Å². The summed E-state index contributed by atoms with van der Waals surface area (Å²) in [6.45, 7) is 3.29. The lowest BCUT2D eigenvalue weighted by Crippen LogP contribution is -2.55. The van der Waals surface area contributed by atoms with E-state index in [9.17, 15) is 14.0 Å². The van der Waals surface area contributed by atoms with Crippen LogP contribution in [-0.4, -0.2) is 116 Å². The number of fused-ring (bicyclic) bond motifs is 2. The molecule has 2 aliphatic heterocycles. The van der Waals surface area contributed by atoms with Crippen LogP contribution in [0.3, 0.4) is 0 Å². The Labute approximate surface area is 340 Å². The number of amides is 2. The minimum atomic E-state index is -1.17. The van der Waals surface area contributed by atoms with Gasteiger partial charge >= 0.3 is 0 Å². The van der Waals surface area contributed by atoms with Crippen molar-refractivity contribution in [2.75, 3.05) is 66.2 Å². The number of methoxy groups -OCH3 is 2. The monoisotopic (exact) mass is 811 g/mol. The van der Waals surface area contributed by atoms with Crippen LogP contribution >= 0.6 is 0 Å². The number of likely N-dealkylation sites (N-methyl/N-ethyl adjacent to an activating group) is 1. The second-order valence-electron chi connectivity index (χ2n) is 15.1. The molecule has 1 aliphatic carbocycles. The summed E-state index contributed by atoms with van der Waals surface area (Å²) < 4.78 is 29.0. The number of carbonyl (C=O) groups is 2. The number of nitrogens with zero attached hydrogens (tertiary/aromatic N) is 11. The van der Waals surface area contributed by atoms with Crippen molar-refractivity contribution in [1.29, 1.82) is 0 Å². The minimum Gasteiger partial charge on any atom is -0.495 e. The van der Waals surface area contributed by atoms with Crippen molar-refractivity contribution in [2.45, 2.75) is 76.3 Å². The molecule has 1 saturated heterocycles. The summed E-state index contributed by atoms with van der Waals surface area (Å²) in [7, 11) is 6.66. The largest absolute Gasteiger partial charge is 0.495 e. The average molecular weight is 812 g/mol. The quantitative estimate of drug-likeness (QED) is 0.118. The van der Waals surface area contributed by atoms with Gasteiger partial charge in [0.2, 0.25) is 17.8 Å². The Morgan fingerprint density at radius 1 is 1.03 bits per heavy atom. The number of ether oxygens (including phenoxy) is 2. The number of nitrogens with two attached hydrogens (primary N) is 1. The third-order valence-electron chi connectivity index (χ3n) is 11.3. The molecule has 3 aliphatic rings. The summed E-state index contributed by atoms with van der Waals surface area (Å²) in [4.78, 5) is 55.4. The molecule has 0 spiro atoms. The fourth-order valence-electron chi connectivity index (χ4n) is 8.10. The molecule has 6 heterocycles. The van der Waals surface area contributed by atoms with E-state index in [0.717, 1.165) is 31.5 Å². The van der Waals surface area contributed by atoms with Crippen LogP contribution in [0.1, 0.15) is 55.8 Å². The van der Waals surface area contributed by atoms with E-state index in [2.05, 4.69) is 45.9 Å². The van der Waals surface area contributed by atoms with E-state index in [4.69, 9.17) is 20.2 Å². The number of halogens is 1. The number of hydrogen-bond acceptors (Lipinski definition) is 15. The highest BCUT2D eigenvalue weighted by Crippen LogP contribution is 2.40. The fraction of sp³-hybridized carbons (Fsp3) is 0.487. The molecule has 312 valence electrons. The van der Waals surface area contributed by atoms with Crippen LogP contribution < -0.4 is 45.9 Å². The van der Waals surface area contributed by atoms with E-state index in [1.165, 1.54) is 7.11 Å². The van der Waals surface area contributed by atoms with E-state index >= 15 is 0 Å². The Hall–Kier alpha value is -6.31. The Morgan fingerprint density at radius 3 is 2.58 bits per heavy atom. The van der Waals surface area contributed by atoms with Crippen molar-refractivity contribution in [3.63, 3.8) is 0 Å². The maximum Gasteiger partial charge on any atom is 0.256 e. The molecule has 8 rings (SSSR count). The predicted molar refractivity (Wildman–Crippen MR) is 221 cm³/mol. The first-order chi connectivity index (χ1) is 28.6. The first kappa shape index (κ1) is 39.5. The van der Waals surface area contributed by atoms with Crippen LogP contribution in [0.5, 0.6) is 11.6 Å². The van der Waals surface area contributed by atoms with E-state index in [0.29, 0.717) is 95.6 Å². The molecule has 5 aromatic rings. The summed E-state index contributed by atoms with van der Waals surface area (Å²) in [6.07, 6.45) is 9.50. The number of aromatic nitrogens is 8. The third-order valence-corrected chi connectivity index (χ3v) is 11.3. The molecular formula is C39H50FN15O4. The van der Waals surface area contributed by atoms with Gasteiger partial charge in [0.05, 0.1) is 51.2 Å². The number of rotatable bonds is 14. The molecule has 0 bridgehead atoms. The Kier molecular flexibility index (Phi) is 11.1. The van der Waals surface area contributed by atoms with Crippen molar-refractivity contribution in [3.8, 4) is 11.6 Å². The number of carbonyl (C=O) groups excluding carboxylic acids is 2. The summed E-state index contributed by atoms with van der Waals surface area (Å²) in [6, 6.07) is 4.50. The lowest BCUT2D eigenvalue weighted by molar-refractivity contribution is -0.120. The van der Waals surface area contributed by atoms with Gasteiger partial charge in [-0.1, -0.05) is 19.8 Å². The van der Waals surface area contributed by atoms with Gasteiger partial charge in [0, 0.05) is 45.3 Å². The Balaban J connectivity index is 0.902. The molecule has 5 N–H and O–H groups in total. The van der Waals surface area contributed by atoms with Gasteiger partial charge < -0.3 is 50.4 Å². The summed E-state index contributed by atoms with van der Waals surface area (Å²) in [5.74, 6) is 2.45. The molecule has 3 atom stereocenters. The second kappa shape index (κ2) is 16.5. The average Bonchev–Trinajstić information content (AvgIpc) is 4.06. The van der Waals surface area contributed by atoms with E-state index in [1.807, 2.05) is 14.0 Å². The summed E-state index contributed by atoms with van der Waals surface area (Å²) in [5, 5.41) is 14.1. The van der Waals surface area contributed by atoms with Crippen LogP contribution in [-0.2, 0) is 18.4 Å². The van der Waals surface area contributed by atoms with Gasteiger partial charge in [-0.05, 0) is 43.9 Å². The molecule has 1 aromatic carbocycles. The standard InChI is InChI=1S/C39H50FN15O4/c1-6-28-37(57)52(3)29-17-43-38(48-33(29)55(28)23-10-7-8-11-23)46-26-13-12-22(16-30(26)58-4)35(56)42-14-9-15-54-20-27(36(50-54)59-5)45-32-31-34(51(2)21-44-31)49-39(47-32)53-18-24(40)25(41)19-53/h12-13,16-17,20-21,23-25,28H,6-11,14-15,18-19,41H2,1-5H3,(H,42,56)(H,43,46,48)(H,45,47,49)/t24-,25-,28-/m1/s1. The van der Waals surface area contributed by atoms with Gasteiger partial charge in [-0.3, -0.25) is 14.3 Å². The highest BCUT2D eigenvalue weighted by molar-refractivity contribution is 6.04. The number of hydrogen-bond donors (Lipinski definition) is 4. The number of aryl methyl sites for hydroxylation is 2. The molecule has 59 heavy (non-hydrogen) atoms. The number of anilines is 7. The Bertz CT molecular complexity index is 2340. The van der Waals surface area contributed by atoms with Gasteiger partial charge in [-0.15, -0.1) is 5.10 Å². The smallest absolute Gasteiger partial charge is 0.256 e. The first-order valence-electron chi connectivity index (χ1n) is 19.9. The highest BCUT2D eigenvalue weighted by Gasteiger charge is 2.41. The molecule has 20 heteroatoms. The van der Waals surface area contributed by atoms with Crippen molar-refractivity contribution in [1.82, 2.24) is 44.6 Å². The number of alkyl halides is 1. The maximum absolute atomic E-state index is 14.3. The zero-order valence-electron chi connectivity index (χ0n) is 33.9. The topological polar surface area (TPSA) is 212 Å². The van der Waals surface area contributed by atoms with Crippen molar-refractivity contribution in [2.24, 2.45) is 12.8 Å². The lowest BCUT2D eigenvalue weighted by Gasteiger charge is -2.43. The van der Waals surface area contributed by atoms with Gasteiger partial charge in [0.25, 0.3) is 11.8 Å². The number of imidazole rings is 1. The molecule has 2 fully saturated rings. The van der Waals surface area contributed by atoms with Crippen LogP contribution in [0.2, 0.25) is 0 Å². The zero-order chi connectivity index (χ0) is 41.4. The maximum atomic E-state index is 14.3. The Morgan fingerprint density at radius 2 is 1.85 bits per heavy atom. The highest BCUT2D eigenvalue weighted by atomic mass is 19.1. The summed E-state index contributed by atoms with van der Waals surface area (Å²) in [5.41, 5.74) is 9.30. The normalized spacial score (nSPS) is 19.4. The van der Waals surface area contributed by atoms with Gasteiger partial charge in [0.1, 0.15) is 29.3 Å². The molecule has 2 amide bonds. The first-order valence-corrected chi connectivity index (χ1v) is 19.9. The predicted octanol–water partition coefficient (Wildman–Crippen LogP) is 3.66. The molecule has 0 unspecified atom stereocenters. The van der Waals surface area contributed by atoms with Crippen LogP contribution in [0.4, 0.5) is 45.0 Å². The van der Waals surface area contributed by atoms with Gasteiger partial charge in [-0.2, -0.15) is 15.0 Å². The number of nitrogens with one attached hydrogen (secondary N) is 3. The van der Waals surface area contributed by atoms with E-state index in [-0.39, 0.29) is 30.4 Å². The van der Waals surface area contributed by atoms with Crippen LogP contribution in [0, 0.1) is 0 Å².